The van der Waals surface area contributed by atoms with Crippen molar-refractivity contribution in [1.29, 1.82) is 0 Å². The monoisotopic (exact) mass is 485 g/mol. The molecule has 1 aromatic heterocycles. The Kier molecular flexibility index (Phi) is 4.75. The molecule has 1 saturated carbocycles. The summed E-state index contributed by atoms with van der Waals surface area (Å²) in [6.07, 6.45) is 6.45. The highest BCUT2D eigenvalue weighted by molar-refractivity contribution is 14.1. The summed E-state index contributed by atoms with van der Waals surface area (Å²) >= 11 is 2.26. The minimum atomic E-state index is -0.229. The van der Waals surface area contributed by atoms with Crippen molar-refractivity contribution in [2.45, 2.75) is 38.0 Å². The quantitative estimate of drug-likeness (QED) is 0.215. The maximum atomic E-state index is 13.3. The van der Waals surface area contributed by atoms with E-state index >= 15 is 0 Å². The molecule has 0 saturated heterocycles. The molecule has 1 heterocycles. The zero-order valence-corrected chi connectivity index (χ0v) is 17.7. The fraction of sp³-hybridized carbons (Fsp3) is 0.250. The maximum Gasteiger partial charge on any atom is 0.159 e. The lowest BCUT2D eigenvalue weighted by molar-refractivity contribution is 0.442. The lowest BCUT2D eigenvalue weighted by Gasteiger charge is -2.21. The van der Waals surface area contributed by atoms with Gasteiger partial charge in [0.2, 0.25) is 0 Å². The fourth-order valence-corrected chi connectivity index (χ4v) is 5.13. The standard InChI is InChI=1S/C24H21FINO/c25-17-12-14-18(15-13-17)27(26)22-11-5-10-21-20-9-4-8-19(23(20)28-24(21)22)16-6-2-1-3-7-16/h4-5,8-16H,1-3,6-7H2. The summed E-state index contributed by atoms with van der Waals surface area (Å²) in [4.78, 5) is 0. The number of para-hydroxylation sites is 2. The first-order chi connectivity index (χ1) is 13.7. The molecule has 2 nitrogen and oxygen atoms in total. The van der Waals surface area contributed by atoms with Gasteiger partial charge in [0, 0.05) is 10.8 Å². The molecule has 0 atom stereocenters. The van der Waals surface area contributed by atoms with Crippen LogP contribution in [0.15, 0.2) is 65.1 Å². The molecule has 1 aliphatic carbocycles. The van der Waals surface area contributed by atoms with Crippen LogP contribution in [0, 0.1) is 5.82 Å². The van der Waals surface area contributed by atoms with Gasteiger partial charge in [-0.15, -0.1) is 0 Å². The van der Waals surface area contributed by atoms with Crippen molar-refractivity contribution in [3.05, 3.63) is 72.0 Å². The number of furan rings is 1. The van der Waals surface area contributed by atoms with Crippen LogP contribution >= 0.6 is 22.9 Å². The van der Waals surface area contributed by atoms with Gasteiger partial charge >= 0.3 is 0 Å². The average molecular weight is 485 g/mol. The Bertz CT molecular complexity index is 1130. The summed E-state index contributed by atoms with van der Waals surface area (Å²) in [5, 5.41) is 2.32. The van der Waals surface area contributed by atoms with Gasteiger partial charge in [-0.05, 0) is 54.7 Å². The highest BCUT2D eigenvalue weighted by atomic mass is 127. The van der Waals surface area contributed by atoms with Gasteiger partial charge in [0.15, 0.2) is 5.58 Å². The number of fused-ring (bicyclic) bond motifs is 3. The van der Waals surface area contributed by atoms with Crippen molar-refractivity contribution in [2.75, 3.05) is 3.11 Å². The van der Waals surface area contributed by atoms with E-state index in [4.69, 9.17) is 4.42 Å². The first kappa shape index (κ1) is 18.0. The van der Waals surface area contributed by atoms with Gasteiger partial charge < -0.3 is 4.42 Å². The molecule has 0 N–H and O–H groups in total. The largest absolute Gasteiger partial charge is 0.454 e. The Balaban J connectivity index is 1.66. The third-order valence-corrected chi connectivity index (χ3v) is 6.92. The molecule has 142 valence electrons. The highest BCUT2D eigenvalue weighted by Crippen LogP contribution is 2.43. The van der Waals surface area contributed by atoms with Gasteiger partial charge in [-0.1, -0.05) is 49.6 Å². The van der Waals surface area contributed by atoms with E-state index in [2.05, 4.69) is 59.3 Å². The lowest BCUT2D eigenvalue weighted by atomic mass is 9.83. The van der Waals surface area contributed by atoms with Crippen molar-refractivity contribution >= 4 is 56.2 Å². The Morgan fingerprint density at radius 2 is 1.50 bits per heavy atom. The second kappa shape index (κ2) is 7.39. The van der Waals surface area contributed by atoms with Crippen LogP contribution in [0.4, 0.5) is 15.8 Å². The molecule has 0 radical (unpaired) electrons. The second-order valence-electron chi connectivity index (χ2n) is 7.57. The van der Waals surface area contributed by atoms with Crippen LogP contribution in [-0.2, 0) is 0 Å². The number of benzene rings is 3. The number of rotatable bonds is 3. The number of halogens is 2. The van der Waals surface area contributed by atoms with E-state index in [0.29, 0.717) is 5.92 Å². The van der Waals surface area contributed by atoms with Crippen LogP contribution in [0.3, 0.4) is 0 Å². The number of hydrogen-bond acceptors (Lipinski definition) is 2. The van der Waals surface area contributed by atoms with Gasteiger partial charge in [0.1, 0.15) is 11.4 Å². The van der Waals surface area contributed by atoms with E-state index in [0.717, 1.165) is 27.9 Å². The first-order valence-electron chi connectivity index (χ1n) is 9.88. The van der Waals surface area contributed by atoms with Crippen LogP contribution in [0.1, 0.15) is 43.6 Å². The predicted molar refractivity (Wildman–Crippen MR) is 122 cm³/mol. The van der Waals surface area contributed by atoms with E-state index < -0.39 is 0 Å². The van der Waals surface area contributed by atoms with Crippen molar-refractivity contribution < 1.29 is 8.81 Å². The maximum absolute atomic E-state index is 13.3. The minimum Gasteiger partial charge on any atom is -0.454 e. The molecule has 1 fully saturated rings. The third-order valence-electron chi connectivity index (χ3n) is 5.84. The SMILES string of the molecule is Fc1ccc(N(I)c2cccc3c2oc2c(C4CCCCC4)cccc23)cc1. The second-order valence-corrected chi connectivity index (χ2v) is 8.54. The van der Waals surface area contributed by atoms with Crippen LogP contribution in [0.5, 0.6) is 0 Å². The molecule has 28 heavy (non-hydrogen) atoms. The highest BCUT2D eigenvalue weighted by Gasteiger charge is 2.22. The Hall–Kier alpha value is -2.08. The first-order valence-corrected chi connectivity index (χ1v) is 10.8. The van der Waals surface area contributed by atoms with Gasteiger partial charge in [0.25, 0.3) is 0 Å². The number of hydrogen-bond donors (Lipinski definition) is 0. The summed E-state index contributed by atoms with van der Waals surface area (Å²) in [7, 11) is 0. The van der Waals surface area contributed by atoms with E-state index in [-0.39, 0.29) is 5.82 Å². The summed E-state index contributed by atoms with van der Waals surface area (Å²) in [6.45, 7) is 0. The Morgan fingerprint density at radius 3 is 2.25 bits per heavy atom. The van der Waals surface area contributed by atoms with Gasteiger partial charge in [-0.25, -0.2) is 4.39 Å². The molecule has 0 bridgehead atoms. The van der Waals surface area contributed by atoms with Crippen molar-refractivity contribution in [1.82, 2.24) is 0 Å². The average Bonchev–Trinajstić information content (AvgIpc) is 3.13. The van der Waals surface area contributed by atoms with Crippen molar-refractivity contribution in [3.63, 3.8) is 0 Å². The number of anilines is 2. The third kappa shape index (κ3) is 3.08. The molecule has 1 aliphatic rings. The topological polar surface area (TPSA) is 16.4 Å². The molecule has 0 amide bonds. The van der Waals surface area contributed by atoms with E-state index in [1.54, 1.807) is 12.1 Å². The zero-order chi connectivity index (χ0) is 19.1. The summed E-state index contributed by atoms with van der Waals surface area (Å²) in [6, 6.07) is 19.4. The Morgan fingerprint density at radius 1 is 0.821 bits per heavy atom. The normalized spacial score (nSPS) is 15.4. The van der Waals surface area contributed by atoms with Crippen LogP contribution in [-0.4, -0.2) is 0 Å². The van der Waals surface area contributed by atoms with Crippen LogP contribution in [0.2, 0.25) is 0 Å². The van der Waals surface area contributed by atoms with E-state index in [1.165, 1.54) is 55.2 Å². The molecule has 0 aliphatic heterocycles. The molecular weight excluding hydrogens is 464 g/mol. The summed E-state index contributed by atoms with van der Waals surface area (Å²) < 4.78 is 21.9. The molecule has 0 spiro atoms. The summed E-state index contributed by atoms with van der Waals surface area (Å²) in [5.74, 6) is 0.363. The molecular formula is C24H21FINO. The van der Waals surface area contributed by atoms with E-state index in [1.807, 2.05) is 3.11 Å². The molecule has 5 rings (SSSR count). The fourth-order valence-electron chi connectivity index (χ4n) is 4.43. The number of nitrogens with zero attached hydrogens (tertiary/aromatic N) is 1. The van der Waals surface area contributed by atoms with Crippen LogP contribution in [0.25, 0.3) is 21.9 Å². The minimum absolute atomic E-state index is 0.229. The van der Waals surface area contributed by atoms with Crippen LogP contribution < -0.4 is 3.11 Å². The summed E-state index contributed by atoms with van der Waals surface area (Å²) in [5.41, 5.74) is 5.17. The zero-order valence-electron chi connectivity index (χ0n) is 15.5. The lowest BCUT2D eigenvalue weighted by Crippen LogP contribution is -2.04. The Labute approximate surface area is 177 Å². The van der Waals surface area contributed by atoms with Gasteiger partial charge in [0.05, 0.1) is 34.2 Å². The smallest absolute Gasteiger partial charge is 0.159 e. The molecule has 4 heteroatoms. The molecule has 3 aromatic carbocycles. The van der Waals surface area contributed by atoms with E-state index in [9.17, 15) is 4.39 Å². The predicted octanol–water partition coefficient (Wildman–Crippen LogP) is 8.26. The van der Waals surface area contributed by atoms with Gasteiger partial charge in [-0.3, -0.25) is 3.11 Å². The van der Waals surface area contributed by atoms with Crippen molar-refractivity contribution in [3.8, 4) is 0 Å². The molecule has 4 aromatic rings. The van der Waals surface area contributed by atoms with Gasteiger partial charge in [-0.2, -0.15) is 0 Å². The molecule has 0 unspecified atom stereocenters. The van der Waals surface area contributed by atoms with Crippen molar-refractivity contribution in [2.24, 2.45) is 0 Å².